The maximum Gasteiger partial charge on any atom is 0.287 e. The molecule has 1 fully saturated rings. The molecule has 0 amide bonds. The number of piperidine rings is 1. The molecular formula is C14H22FN3O5S. The minimum absolute atomic E-state index is 0.0984. The fraction of sp³-hybridized carbons (Fsp3) is 0.643. The van der Waals surface area contributed by atoms with Gasteiger partial charge in [0.05, 0.1) is 11.2 Å². The second-order valence-electron chi connectivity index (χ2n) is 5.24. The van der Waals surface area contributed by atoms with Gasteiger partial charge >= 0.3 is 0 Å². The molecule has 1 saturated heterocycles. The topological polar surface area (TPSA) is 103 Å². The smallest absolute Gasteiger partial charge is 0.287 e. The van der Waals surface area contributed by atoms with Crippen molar-refractivity contribution in [1.82, 2.24) is 4.98 Å². The van der Waals surface area contributed by atoms with Gasteiger partial charge in [0.2, 0.25) is 0 Å². The molecule has 2 rings (SSSR count). The maximum atomic E-state index is 14.4. The molecule has 0 radical (unpaired) electrons. The Kier molecular flexibility index (Phi) is 7.03. The molecule has 10 heteroatoms. The Labute approximate surface area is 140 Å². The summed E-state index contributed by atoms with van der Waals surface area (Å²) < 4.78 is 40.8. The number of pyridine rings is 1. The van der Waals surface area contributed by atoms with Crippen LogP contribution in [0.25, 0.3) is 0 Å². The SMILES string of the molecule is CC.CS(=O)(=O)OCC1(F)CCN(c2ccc([N+](=O)[O-])cn2)CC1. The van der Waals surface area contributed by atoms with E-state index in [0.717, 1.165) is 12.5 Å². The van der Waals surface area contributed by atoms with E-state index in [1.807, 2.05) is 13.8 Å². The third-order valence-electron chi connectivity index (χ3n) is 3.46. The highest BCUT2D eigenvalue weighted by Gasteiger charge is 2.36. The number of alkyl halides is 1. The highest BCUT2D eigenvalue weighted by molar-refractivity contribution is 7.85. The van der Waals surface area contributed by atoms with Gasteiger partial charge in [-0.1, -0.05) is 13.8 Å². The lowest BCUT2D eigenvalue weighted by molar-refractivity contribution is -0.385. The van der Waals surface area contributed by atoms with E-state index in [1.165, 1.54) is 12.1 Å². The Morgan fingerprint density at radius 1 is 1.38 bits per heavy atom. The molecule has 0 saturated carbocycles. The van der Waals surface area contributed by atoms with Crippen molar-refractivity contribution >= 4 is 21.6 Å². The summed E-state index contributed by atoms with van der Waals surface area (Å²) in [6.07, 6.45) is 2.23. The Morgan fingerprint density at radius 2 is 1.96 bits per heavy atom. The van der Waals surface area contributed by atoms with Gasteiger partial charge in [0, 0.05) is 32.0 Å². The lowest BCUT2D eigenvalue weighted by atomic mass is 9.94. The first-order valence-electron chi connectivity index (χ1n) is 7.57. The van der Waals surface area contributed by atoms with Crippen molar-refractivity contribution in [1.29, 1.82) is 0 Å². The van der Waals surface area contributed by atoms with Gasteiger partial charge in [0.25, 0.3) is 15.8 Å². The summed E-state index contributed by atoms with van der Waals surface area (Å²) in [5.41, 5.74) is -1.80. The Bertz CT molecular complexity index is 643. The zero-order valence-corrected chi connectivity index (χ0v) is 14.8. The van der Waals surface area contributed by atoms with Crippen LogP contribution in [-0.4, -0.2) is 49.9 Å². The lowest BCUT2D eigenvalue weighted by Crippen LogP contribution is -2.45. The molecule has 0 N–H and O–H groups in total. The van der Waals surface area contributed by atoms with E-state index < -0.39 is 27.3 Å². The zero-order chi connectivity index (χ0) is 18.4. The summed E-state index contributed by atoms with van der Waals surface area (Å²) in [4.78, 5) is 15.8. The van der Waals surface area contributed by atoms with Gasteiger partial charge < -0.3 is 4.90 Å². The molecule has 0 atom stereocenters. The van der Waals surface area contributed by atoms with E-state index in [4.69, 9.17) is 0 Å². The predicted molar refractivity (Wildman–Crippen MR) is 88.3 cm³/mol. The molecule has 0 aliphatic carbocycles. The van der Waals surface area contributed by atoms with Crippen LogP contribution in [0.5, 0.6) is 0 Å². The molecule has 136 valence electrons. The number of nitrogens with zero attached hydrogens (tertiary/aromatic N) is 3. The highest BCUT2D eigenvalue weighted by atomic mass is 32.2. The first kappa shape index (κ1) is 20.2. The van der Waals surface area contributed by atoms with Crippen LogP contribution in [0.3, 0.4) is 0 Å². The van der Waals surface area contributed by atoms with Crippen LogP contribution in [0.1, 0.15) is 26.7 Å². The fourth-order valence-electron chi connectivity index (χ4n) is 2.17. The van der Waals surface area contributed by atoms with Gasteiger partial charge in [0.1, 0.15) is 24.3 Å². The van der Waals surface area contributed by atoms with Crippen molar-refractivity contribution in [2.75, 3.05) is 30.9 Å². The minimum Gasteiger partial charge on any atom is -0.356 e. The van der Waals surface area contributed by atoms with E-state index >= 15 is 0 Å². The number of hydrogen-bond donors (Lipinski definition) is 0. The van der Waals surface area contributed by atoms with Crippen molar-refractivity contribution in [2.45, 2.75) is 32.4 Å². The third kappa shape index (κ3) is 6.00. The largest absolute Gasteiger partial charge is 0.356 e. The maximum absolute atomic E-state index is 14.4. The van der Waals surface area contributed by atoms with Crippen LogP contribution in [0.4, 0.5) is 15.9 Å². The van der Waals surface area contributed by atoms with Crippen LogP contribution in [0.2, 0.25) is 0 Å². The number of hydrogen-bond acceptors (Lipinski definition) is 7. The average molecular weight is 363 g/mol. The van der Waals surface area contributed by atoms with Crippen LogP contribution >= 0.6 is 0 Å². The molecule has 1 aromatic heterocycles. The normalized spacial score (nSPS) is 16.9. The number of anilines is 1. The van der Waals surface area contributed by atoms with Crippen LogP contribution < -0.4 is 4.90 Å². The number of aromatic nitrogens is 1. The summed E-state index contributed by atoms with van der Waals surface area (Å²) in [5, 5.41) is 10.6. The number of nitro groups is 1. The Balaban J connectivity index is 0.00000139. The molecule has 8 nitrogen and oxygen atoms in total. The van der Waals surface area contributed by atoms with Crippen molar-refractivity contribution in [3.8, 4) is 0 Å². The third-order valence-corrected chi connectivity index (χ3v) is 4.00. The van der Waals surface area contributed by atoms with Gasteiger partial charge in [-0.2, -0.15) is 8.42 Å². The van der Waals surface area contributed by atoms with Crippen molar-refractivity contribution in [2.24, 2.45) is 0 Å². The van der Waals surface area contributed by atoms with E-state index in [2.05, 4.69) is 9.17 Å². The van der Waals surface area contributed by atoms with Crippen molar-refractivity contribution in [3.05, 3.63) is 28.4 Å². The molecule has 0 unspecified atom stereocenters. The predicted octanol–water partition coefficient (Wildman–Crippen LogP) is 2.30. The quantitative estimate of drug-likeness (QED) is 0.449. The molecule has 1 aliphatic heterocycles. The zero-order valence-electron chi connectivity index (χ0n) is 13.9. The summed E-state index contributed by atoms with van der Waals surface area (Å²) in [5.74, 6) is 0.525. The Hall–Kier alpha value is -1.81. The van der Waals surface area contributed by atoms with E-state index in [0.29, 0.717) is 18.9 Å². The van der Waals surface area contributed by atoms with Crippen LogP contribution in [0.15, 0.2) is 18.3 Å². The molecule has 24 heavy (non-hydrogen) atoms. The number of rotatable bonds is 5. The fourth-order valence-corrected chi connectivity index (χ4v) is 2.59. The van der Waals surface area contributed by atoms with Gasteiger partial charge in [-0.05, 0) is 6.07 Å². The van der Waals surface area contributed by atoms with Gasteiger partial charge in [-0.25, -0.2) is 9.37 Å². The molecule has 0 aromatic carbocycles. The monoisotopic (exact) mass is 363 g/mol. The summed E-state index contributed by atoms with van der Waals surface area (Å²) >= 11 is 0. The molecule has 2 heterocycles. The van der Waals surface area contributed by atoms with Gasteiger partial charge in [0.15, 0.2) is 0 Å². The van der Waals surface area contributed by atoms with Crippen LogP contribution in [0, 0.1) is 10.1 Å². The summed E-state index contributed by atoms with van der Waals surface area (Å²) in [6.45, 7) is 4.16. The molecule has 0 spiro atoms. The molecule has 1 aromatic rings. The first-order valence-corrected chi connectivity index (χ1v) is 9.39. The minimum atomic E-state index is -3.67. The molecule has 1 aliphatic rings. The summed E-state index contributed by atoms with van der Waals surface area (Å²) in [6, 6.07) is 2.85. The van der Waals surface area contributed by atoms with Crippen molar-refractivity contribution in [3.63, 3.8) is 0 Å². The highest BCUT2D eigenvalue weighted by Crippen LogP contribution is 2.29. The van der Waals surface area contributed by atoms with E-state index in [9.17, 15) is 22.9 Å². The molecule has 0 bridgehead atoms. The number of halogens is 1. The van der Waals surface area contributed by atoms with Gasteiger partial charge in [-0.15, -0.1) is 0 Å². The van der Waals surface area contributed by atoms with E-state index in [1.54, 1.807) is 4.90 Å². The lowest BCUT2D eigenvalue weighted by Gasteiger charge is -2.36. The average Bonchev–Trinajstić information content (AvgIpc) is 2.55. The van der Waals surface area contributed by atoms with Crippen LogP contribution in [-0.2, 0) is 14.3 Å². The standard InChI is InChI=1S/C12H16FN3O5S.C2H6/c1-22(19,20)21-9-12(13)4-6-15(7-5-12)11-3-2-10(8-14-11)16(17)18;1-2/h2-3,8H,4-7,9H2,1H3;1-2H3. The second kappa shape index (κ2) is 8.34. The Morgan fingerprint density at radius 3 is 2.38 bits per heavy atom. The first-order chi connectivity index (χ1) is 11.2. The summed E-state index contributed by atoms with van der Waals surface area (Å²) in [7, 11) is -3.67. The molecular weight excluding hydrogens is 341 g/mol. The van der Waals surface area contributed by atoms with Gasteiger partial charge in [-0.3, -0.25) is 14.3 Å². The van der Waals surface area contributed by atoms with Crippen molar-refractivity contribution < 1.29 is 21.9 Å². The second-order valence-corrected chi connectivity index (χ2v) is 6.88. The van der Waals surface area contributed by atoms with E-state index in [-0.39, 0.29) is 18.5 Å².